The van der Waals surface area contributed by atoms with E-state index in [0.717, 1.165) is 12.8 Å². The standard InChI is InChI=1S/C27H26ClN3O2/c1-3-4-18-30(26(32)20-10-6-5-7-11-20)19(2)25-29-24-13-9-8-12-23(24)27(33)31(25)22-16-14-21(28)15-17-22/h5-17,19H,3-4,18H2,1-2H3. The number of hydrogen-bond donors (Lipinski definition) is 0. The molecule has 4 aromatic rings. The van der Waals surface area contributed by atoms with Crippen molar-refractivity contribution in [2.75, 3.05) is 6.54 Å². The molecule has 1 atom stereocenters. The van der Waals surface area contributed by atoms with Crippen molar-refractivity contribution >= 4 is 28.4 Å². The second-order valence-corrected chi connectivity index (χ2v) is 8.43. The zero-order valence-electron chi connectivity index (χ0n) is 18.7. The Balaban J connectivity index is 1.90. The van der Waals surface area contributed by atoms with Crippen molar-refractivity contribution in [3.05, 3.63) is 106 Å². The average molecular weight is 460 g/mol. The number of rotatable bonds is 7. The quantitative estimate of drug-likeness (QED) is 0.338. The summed E-state index contributed by atoms with van der Waals surface area (Å²) in [5.41, 5.74) is 1.71. The Hall–Kier alpha value is -3.44. The fourth-order valence-corrected chi connectivity index (χ4v) is 4.08. The normalized spacial score (nSPS) is 12.0. The van der Waals surface area contributed by atoms with Crippen molar-refractivity contribution in [1.82, 2.24) is 14.5 Å². The van der Waals surface area contributed by atoms with Gasteiger partial charge in [-0.15, -0.1) is 0 Å². The smallest absolute Gasteiger partial charge is 0.266 e. The van der Waals surface area contributed by atoms with E-state index in [1.807, 2.05) is 60.4 Å². The summed E-state index contributed by atoms with van der Waals surface area (Å²) in [5.74, 6) is 0.433. The van der Waals surface area contributed by atoms with Crippen molar-refractivity contribution in [2.45, 2.75) is 32.7 Å². The fraction of sp³-hybridized carbons (Fsp3) is 0.222. The van der Waals surface area contributed by atoms with Gasteiger partial charge in [-0.25, -0.2) is 4.98 Å². The van der Waals surface area contributed by atoms with Crippen LogP contribution >= 0.6 is 11.6 Å². The minimum atomic E-state index is -0.433. The number of fused-ring (bicyclic) bond motifs is 1. The van der Waals surface area contributed by atoms with Crippen LogP contribution in [0.4, 0.5) is 0 Å². The number of unbranched alkanes of at least 4 members (excludes halogenated alkanes) is 1. The van der Waals surface area contributed by atoms with Crippen LogP contribution in [-0.4, -0.2) is 26.9 Å². The van der Waals surface area contributed by atoms with Crippen molar-refractivity contribution in [3.8, 4) is 5.69 Å². The van der Waals surface area contributed by atoms with E-state index in [-0.39, 0.29) is 11.5 Å². The van der Waals surface area contributed by atoms with Gasteiger partial charge >= 0.3 is 0 Å². The van der Waals surface area contributed by atoms with Crippen molar-refractivity contribution in [2.24, 2.45) is 0 Å². The van der Waals surface area contributed by atoms with E-state index in [2.05, 4.69) is 6.92 Å². The molecule has 0 radical (unpaired) electrons. The fourth-order valence-electron chi connectivity index (χ4n) is 3.96. The molecule has 3 aromatic carbocycles. The van der Waals surface area contributed by atoms with Gasteiger partial charge in [0.1, 0.15) is 5.82 Å². The summed E-state index contributed by atoms with van der Waals surface area (Å²) in [7, 11) is 0. The van der Waals surface area contributed by atoms with E-state index in [4.69, 9.17) is 16.6 Å². The highest BCUT2D eigenvalue weighted by Gasteiger charge is 2.27. The zero-order chi connectivity index (χ0) is 23.4. The van der Waals surface area contributed by atoms with Crippen molar-refractivity contribution < 1.29 is 4.79 Å². The number of benzene rings is 3. The Morgan fingerprint density at radius 2 is 1.67 bits per heavy atom. The van der Waals surface area contributed by atoms with E-state index < -0.39 is 6.04 Å². The minimum Gasteiger partial charge on any atom is -0.329 e. The molecule has 1 heterocycles. The molecule has 0 saturated carbocycles. The molecule has 0 bridgehead atoms. The lowest BCUT2D eigenvalue weighted by Crippen LogP contribution is -2.38. The molecular formula is C27H26ClN3O2. The molecule has 1 unspecified atom stereocenters. The molecule has 0 N–H and O–H groups in total. The van der Waals surface area contributed by atoms with Gasteiger partial charge in [-0.1, -0.05) is 55.3 Å². The molecule has 0 spiro atoms. The van der Waals surface area contributed by atoms with Gasteiger partial charge in [0.2, 0.25) is 0 Å². The lowest BCUT2D eigenvalue weighted by Gasteiger charge is -2.30. The summed E-state index contributed by atoms with van der Waals surface area (Å²) in [6.45, 7) is 4.59. The largest absolute Gasteiger partial charge is 0.329 e. The highest BCUT2D eigenvalue weighted by molar-refractivity contribution is 6.30. The number of nitrogens with zero attached hydrogens (tertiary/aromatic N) is 3. The van der Waals surface area contributed by atoms with Crippen LogP contribution in [0.1, 0.15) is 48.9 Å². The third-order valence-electron chi connectivity index (χ3n) is 5.76. The number of carbonyl (C=O) groups is 1. The van der Waals surface area contributed by atoms with Crippen LogP contribution in [0.15, 0.2) is 83.7 Å². The van der Waals surface area contributed by atoms with Crippen LogP contribution < -0.4 is 5.56 Å². The van der Waals surface area contributed by atoms with Crippen LogP contribution in [0.5, 0.6) is 0 Å². The third-order valence-corrected chi connectivity index (χ3v) is 6.01. The Labute approximate surface area is 198 Å². The van der Waals surface area contributed by atoms with Gasteiger partial charge in [-0.2, -0.15) is 0 Å². The molecule has 5 nitrogen and oxygen atoms in total. The second-order valence-electron chi connectivity index (χ2n) is 8.00. The van der Waals surface area contributed by atoms with Gasteiger partial charge in [0.25, 0.3) is 11.5 Å². The molecule has 4 rings (SSSR count). The van der Waals surface area contributed by atoms with E-state index >= 15 is 0 Å². The lowest BCUT2D eigenvalue weighted by molar-refractivity contribution is 0.0678. The molecule has 1 aromatic heterocycles. The summed E-state index contributed by atoms with van der Waals surface area (Å²) in [6, 6.07) is 23.2. The monoisotopic (exact) mass is 459 g/mol. The minimum absolute atomic E-state index is 0.0818. The molecule has 0 saturated heterocycles. The number of carbonyl (C=O) groups excluding carboxylic acids is 1. The highest BCUT2D eigenvalue weighted by Crippen LogP contribution is 2.25. The maximum atomic E-state index is 13.6. The molecular weight excluding hydrogens is 434 g/mol. The van der Waals surface area contributed by atoms with Crippen molar-refractivity contribution in [3.63, 3.8) is 0 Å². The zero-order valence-corrected chi connectivity index (χ0v) is 19.5. The lowest BCUT2D eigenvalue weighted by atomic mass is 10.1. The van der Waals surface area contributed by atoms with E-state index in [0.29, 0.717) is 39.5 Å². The van der Waals surface area contributed by atoms with Crippen LogP contribution in [-0.2, 0) is 0 Å². The molecule has 0 aliphatic carbocycles. The Morgan fingerprint density at radius 3 is 2.36 bits per heavy atom. The van der Waals surface area contributed by atoms with Crippen LogP contribution in [0, 0.1) is 0 Å². The SMILES string of the molecule is CCCCN(C(=O)c1ccccc1)C(C)c1nc2ccccc2c(=O)n1-c1ccc(Cl)cc1. The van der Waals surface area contributed by atoms with E-state index in [1.165, 1.54) is 0 Å². The average Bonchev–Trinajstić information content (AvgIpc) is 2.85. The Bertz CT molecular complexity index is 1320. The van der Waals surface area contributed by atoms with Gasteiger partial charge in [0, 0.05) is 17.1 Å². The topological polar surface area (TPSA) is 55.2 Å². The molecule has 1 amide bonds. The Kier molecular flexibility index (Phi) is 6.90. The van der Waals surface area contributed by atoms with Crippen LogP contribution in [0.3, 0.4) is 0 Å². The first kappa shape index (κ1) is 22.7. The van der Waals surface area contributed by atoms with Crippen LogP contribution in [0.25, 0.3) is 16.6 Å². The Morgan fingerprint density at radius 1 is 1.00 bits per heavy atom. The second kappa shape index (κ2) is 10.0. The van der Waals surface area contributed by atoms with Gasteiger partial charge in [-0.3, -0.25) is 14.2 Å². The van der Waals surface area contributed by atoms with E-state index in [9.17, 15) is 9.59 Å². The molecule has 0 aliphatic heterocycles. The molecule has 0 aliphatic rings. The first-order valence-electron chi connectivity index (χ1n) is 11.1. The maximum Gasteiger partial charge on any atom is 0.266 e. The van der Waals surface area contributed by atoms with Gasteiger partial charge in [0.05, 0.1) is 22.6 Å². The number of hydrogen-bond acceptors (Lipinski definition) is 3. The summed E-state index contributed by atoms with van der Waals surface area (Å²) in [4.78, 5) is 33.8. The molecule has 168 valence electrons. The van der Waals surface area contributed by atoms with E-state index in [1.54, 1.807) is 34.9 Å². The number of amides is 1. The van der Waals surface area contributed by atoms with Gasteiger partial charge in [0.15, 0.2) is 0 Å². The number of para-hydroxylation sites is 1. The summed E-state index contributed by atoms with van der Waals surface area (Å²) >= 11 is 6.10. The van der Waals surface area contributed by atoms with Gasteiger partial charge < -0.3 is 4.90 Å². The number of halogens is 1. The molecule has 6 heteroatoms. The summed E-state index contributed by atoms with van der Waals surface area (Å²) in [5, 5.41) is 1.11. The molecule has 33 heavy (non-hydrogen) atoms. The highest BCUT2D eigenvalue weighted by atomic mass is 35.5. The summed E-state index contributed by atoms with van der Waals surface area (Å²) < 4.78 is 1.60. The first-order chi connectivity index (χ1) is 16.0. The predicted octanol–water partition coefficient (Wildman–Crippen LogP) is 6.04. The van der Waals surface area contributed by atoms with Gasteiger partial charge in [-0.05, 0) is 61.9 Å². The molecule has 0 fully saturated rings. The summed E-state index contributed by atoms with van der Waals surface area (Å²) in [6.07, 6.45) is 1.79. The maximum absolute atomic E-state index is 13.6. The predicted molar refractivity (Wildman–Crippen MR) is 133 cm³/mol. The number of aromatic nitrogens is 2. The van der Waals surface area contributed by atoms with Crippen molar-refractivity contribution in [1.29, 1.82) is 0 Å². The van der Waals surface area contributed by atoms with Crippen LogP contribution in [0.2, 0.25) is 5.02 Å². The third kappa shape index (κ3) is 4.69. The first-order valence-corrected chi connectivity index (χ1v) is 11.5.